The number of hydrogen-bond acceptors (Lipinski definition) is 6. The normalized spacial score (nSPS) is 12.9. The molecule has 52 heavy (non-hydrogen) atoms. The summed E-state index contributed by atoms with van der Waals surface area (Å²) in [6, 6.07) is 0. The van der Waals surface area contributed by atoms with E-state index in [4.69, 9.17) is 19.3 Å². The van der Waals surface area contributed by atoms with E-state index in [2.05, 4.69) is 67.0 Å². The fourth-order valence-electron chi connectivity index (χ4n) is 5.71. The molecule has 0 amide bonds. The van der Waals surface area contributed by atoms with Gasteiger partial charge in [-0.25, -0.2) is 4.57 Å². The van der Waals surface area contributed by atoms with Crippen LogP contribution in [0.3, 0.4) is 0 Å². The summed E-state index contributed by atoms with van der Waals surface area (Å²) < 4.78 is 26.4. The number of unbranched alkanes of at least 4 members (excludes halogenated alkanes) is 20. The molecular formula is C43H77O8P. The van der Waals surface area contributed by atoms with Crippen LogP contribution in [0.15, 0.2) is 48.6 Å². The van der Waals surface area contributed by atoms with Crippen LogP contribution in [0.2, 0.25) is 0 Å². The molecule has 0 fully saturated rings. The average Bonchev–Trinajstić information content (AvgIpc) is 3.11. The van der Waals surface area contributed by atoms with Crippen molar-refractivity contribution in [2.75, 3.05) is 13.2 Å². The van der Waals surface area contributed by atoms with Crippen LogP contribution in [-0.4, -0.2) is 41.0 Å². The first kappa shape index (κ1) is 50.0. The third-order valence-corrected chi connectivity index (χ3v) is 9.34. The maximum atomic E-state index is 12.4. The molecule has 302 valence electrons. The lowest BCUT2D eigenvalue weighted by atomic mass is 10.0. The zero-order valence-electron chi connectivity index (χ0n) is 33.2. The van der Waals surface area contributed by atoms with Gasteiger partial charge in [-0.3, -0.25) is 14.1 Å². The van der Waals surface area contributed by atoms with Crippen LogP contribution in [0.1, 0.15) is 194 Å². The quantitative estimate of drug-likeness (QED) is 0.0277. The van der Waals surface area contributed by atoms with Crippen molar-refractivity contribution in [2.24, 2.45) is 0 Å². The highest BCUT2D eigenvalue weighted by molar-refractivity contribution is 7.46. The highest BCUT2D eigenvalue weighted by Gasteiger charge is 2.22. The third kappa shape index (κ3) is 40.8. The molecule has 0 rings (SSSR count). The van der Waals surface area contributed by atoms with Gasteiger partial charge in [0.2, 0.25) is 0 Å². The van der Waals surface area contributed by atoms with E-state index in [1.54, 1.807) is 0 Å². The number of ether oxygens (including phenoxy) is 2. The van der Waals surface area contributed by atoms with Crippen molar-refractivity contribution in [3.63, 3.8) is 0 Å². The Hall–Kier alpha value is -1.99. The third-order valence-electron chi connectivity index (χ3n) is 8.85. The van der Waals surface area contributed by atoms with E-state index in [-0.39, 0.29) is 19.4 Å². The molecule has 1 atom stereocenters. The Morgan fingerprint density at radius 2 is 0.865 bits per heavy atom. The molecule has 8 nitrogen and oxygen atoms in total. The summed E-state index contributed by atoms with van der Waals surface area (Å²) in [6.45, 7) is 3.64. The molecule has 0 aliphatic carbocycles. The van der Waals surface area contributed by atoms with Crippen LogP contribution in [0.4, 0.5) is 0 Å². The molecule has 0 spiro atoms. The Morgan fingerprint density at radius 3 is 1.33 bits per heavy atom. The zero-order chi connectivity index (χ0) is 38.2. The van der Waals surface area contributed by atoms with E-state index in [9.17, 15) is 14.2 Å². The Kier molecular flexibility index (Phi) is 37.2. The molecule has 0 aromatic heterocycles. The van der Waals surface area contributed by atoms with Crippen molar-refractivity contribution in [3.8, 4) is 0 Å². The van der Waals surface area contributed by atoms with E-state index in [0.29, 0.717) is 6.42 Å². The van der Waals surface area contributed by atoms with Crippen LogP contribution in [0.25, 0.3) is 0 Å². The van der Waals surface area contributed by atoms with E-state index < -0.39 is 32.5 Å². The molecule has 0 saturated heterocycles. The molecule has 0 bridgehead atoms. The lowest BCUT2D eigenvalue weighted by Gasteiger charge is -2.18. The van der Waals surface area contributed by atoms with E-state index in [1.807, 2.05) is 0 Å². The lowest BCUT2D eigenvalue weighted by Crippen LogP contribution is -2.29. The minimum atomic E-state index is -4.76. The van der Waals surface area contributed by atoms with Crippen molar-refractivity contribution in [2.45, 2.75) is 200 Å². The number of phosphoric ester groups is 1. The number of phosphoric acid groups is 1. The van der Waals surface area contributed by atoms with Crippen LogP contribution >= 0.6 is 7.82 Å². The second-order valence-corrected chi connectivity index (χ2v) is 15.2. The van der Waals surface area contributed by atoms with Gasteiger partial charge in [0.05, 0.1) is 6.61 Å². The summed E-state index contributed by atoms with van der Waals surface area (Å²) in [4.78, 5) is 42.8. The summed E-state index contributed by atoms with van der Waals surface area (Å²) >= 11 is 0. The highest BCUT2D eigenvalue weighted by Crippen LogP contribution is 2.36. The van der Waals surface area contributed by atoms with Gasteiger partial charge in [0.25, 0.3) is 0 Å². The second-order valence-electron chi connectivity index (χ2n) is 14.0. The van der Waals surface area contributed by atoms with E-state index >= 15 is 0 Å². The largest absolute Gasteiger partial charge is 0.469 e. The van der Waals surface area contributed by atoms with Crippen molar-refractivity contribution < 1.29 is 37.9 Å². The predicted octanol–water partition coefficient (Wildman–Crippen LogP) is 12.7. The molecule has 0 heterocycles. The van der Waals surface area contributed by atoms with Gasteiger partial charge in [0.1, 0.15) is 6.61 Å². The fourth-order valence-corrected chi connectivity index (χ4v) is 6.07. The monoisotopic (exact) mass is 753 g/mol. The molecule has 0 aliphatic rings. The Labute approximate surface area is 318 Å². The number of rotatable bonds is 38. The van der Waals surface area contributed by atoms with Crippen LogP contribution in [0.5, 0.6) is 0 Å². The van der Waals surface area contributed by atoms with Gasteiger partial charge >= 0.3 is 19.8 Å². The van der Waals surface area contributed by atoms with Gasteiger partial charge in [-0.15, -0.1) is 0 Å². The number of carbonyl (C=O) groups excluding carboxylic acids is 2. The van der Waals surface area contributed by atoms with Crippen LogP contribution < -0.4 is 0 Å². The van der Waals surface area contributed by atoms with Gasteiger partial charge in [-0.05, 0) is 57.8 Å². The smallest absolute Gasteiger partial charge is 0.462 e. The maximum Gasteiger partial charge on any atom is 0.469 e. The summed E-state index contributed by atoms with van der Waals surface area (Å²) in [7, 11) is -4.76. The van der Waals surface area contributed by atoms with E-state index in [0.717, 1.165) is 57.8 Å². The van der Waals surface area contributed by atoms with Gasteiger partial charge in [0.15, 0.2) is 6.10 Å². The lowest BCUT2D eigenvalue weighted by molar-refractivity contribution is -0.161. The van der Waals surface area contributed by atoms with Gasteiger partial charge < -0.3 is 19.3 Å². The average molecular weight is 753 g/mol. The van der Waals surface area contributed by atoms with Crippen molar-refractivity contribution in [3.05, 3.63) is 48.6 Å². The molecule has 0 aliphatic heterocycles. The molecule has 2 N–H and O–H groups in total. The number of allylic oxidation sites excluding steroid dienone is 8. The van der Waals surface area contributed by atoms with Crippen LogP contribution in [0, 0.1) is 0 Å². The predicted molar refractivity (Wildman–Crippen MR) is 216 cm³/mol. The molecular weight excluding hydrogens is 675 g/mol. The Morgan fingerprint density at radius 1 is 0.500 bits per heavy atom. The highest BCUT2D eigenvalue weighted by atomic mass is 31.2. The van der Waals surface area contributed by atoms with Gasteiger partial charge in [-0.2, -0.15) is 0 Å². The summed E-state index contributed by atoms with van der Waals surface area (Å²) in [5.74, 6) is -0.917. The SMILES string of the molecule is CCCCC/C=C\C/C=C\C/C=C\C/C=C\CCCCCC(=O)O[C@H](COC(=O)CCCCCCCCCCCCCCCCC)COP(=O)(O)O. The number of esters is 2. The standard InChI is InChI=1S/C43H77O8P/c1-3-5-7-9-11-13-15-17-19-20-21-22-24-26-28-30-32-34-36-38-43(45)51-41(40-50-52(46,47)48)39-49-42(44)37-35-33-31-29-27-25-23-18-16-14-12-10-8-6-4-2/h11,13,17,19,21-22,26,28,41H,3-10,12,14-16,18,20,23-25,27,29-40H2,1-2H3,(H2,46,47,48)/b13-11-,19-17-,22-21-,28-26-/t41-/m1/s1. The zero-order valence-corrected chi connectivity index (χ0v) is 34.1. The minimum Gasteiger partial charge on any atom is -0.462 e. The van der Waals surface area contributed by atoms with Gasteiger partial charge in [-0.1, -0.05) is 172 Å². The summed E-state index contributed by atoms with van der Waals surface area (Å²) in [5.41, 5.74) is 0. The Bertz CT molecular complexity index is 984. The summed E-state index contributed by atoms with van der Waals surface area (Å²) in [6.07, 6.45) is 46.8. The van der Waals surface area contributed by atoms with E-state index in [1.165, 1.54) is 103 Å². The van der Waals surface area contributed by atoms with Crippen LogP contribution in [-0.2, 0) is 28.2 Å². The molecule has 0 unspecified atom stereocenters. The molecule has 0 radical (unpaired) electrons. The first-order valence-corrected chi connectivity index (χ1v) is 22.5. The van der Waals surface area contributed by atoms with Crippen molar-refractivity contribution in [1.29, 1.82) is 0 Å². The van der Waals surface area contributed by atoms with Crippen molar-refractivity contribution >= 4 is 19.8 Å². The topological polar surface area (TPSA) is 119 Å². The van der Waals surface area contributed by atoms with Crippen molar-refractivity contribution in [1.82, 2.24) is 0 Å². The molecule has 0 aromatic carbocycles. The minimum absolute atomic E-state index is 0.175. The fraction of sp³-hybridized carbons (Fsp3) is 0.767. The molecule has 0 aromatic rings. The number of carbonyl (C=O) groups is 2. The second kappa shape index (κ2) is 38.7. The first-order chi connectivity index (χ1) is 25.3. The number of hydrogen-bond donors (Lipinski definition) is 2. The first-order valence-electron chi connectivity index (χ1n) is 20.9. The Balaban J connectivity index is 3.99. The molecule has 0 saturated carbocycles. The summed E-state index contributed by atoms with van der Waals surface area (Å²) in [5, 5.41) is 0. The van der Waals surface area contributed by atoms with Gasteiger partial charge in [0, 0.05) is 12.8 Å². The maximum absolute atomic E-state index is 12.4. The molecule has 9 heteroatoms.